The fourth-order valence-electron chi connectivity index (χ4n) is 0. The Labute approximate surface area is 67.4 Å². The predicted molar refractivity (Wildman–Crippen MR) is 28.6 cm³/mol. The molecule has 0 unspecified atom stereocenters. The van der Waals surface area contributed by atoms with Gasteiger partial charge < -0.3 is 0 Å². The van der Waals surface area contributed by atoms with Crippen molar-refractivity contribution in [2.45, 2.75) is 12.2 Å². The first-order chi connectivity index (χ1) is 3.27. The van der Waals surface area contributed by atoms with Crippen LogP contribution in [0.15, 0.2) is 0 Å². The van der Waals surface area contributed by atoms with Gasteiger partial charge >= 0.3 is 35.5 Å². The Morgan fingerprint density at radius 1 is 1.57 bits per heavy atom. The average molecular weight is 239 g/mol. The second-order valence-electron chi connectivity index (χ2n) is 0.799. The monoisotopic (exact) mass is 240 g/mol. The van der Waals surface area contributed by atoms with Crippen molar-refractivity contribution in [2.24, 2.45) is 0 Å². The van der Waals surface area contributed by atoms with Crippen molar-refractivity contribution < 1.29 is 23.2 Å². The van der Waals surface area contributed by atoms with E-state index in [4.69, 9.17) is 23.5 Å². The van der Waals surface area contributed by atoms with E-state index < -0.39 is 12.3 Å². The first-order valence-corrected chi connectivity index (χ1v) is 6.85. The van der Waals surface area contributed by atoms with E-state index in [0.29, 0.717) is 19.8 Å². The zero-order valence-corrected chi connectivity index (χ0v) is 8.53. The van der Waals surface area contributed by atoms with Crippen LogP contribution in [-0.2, 0) is 23.2 Å². The van der Waals surface area contributed by atoms with E-state index >= 15 is 0 Å². The third kappa shape index (κ3) is 18.4. The fraction of sp³-hybridized carbons (Fsp3) is 1.00. The molecule has 0 aliphatic carbocycles. The summed E-state index contributed by atoms with van der Waals surface area (Å²) >= 11 is -0.505. The molecule has 0 aliphatic rings. The third-order valence-corrected chi connectivity index (χ3v) is 2.78. The molecule has 0 aromatic rings. The summed E-state index contributed by atoms with van der Waals surface area (Å²) in [5.74, 6) is 0. The summed E-state index contributed by atoms with van der Waals surface area (Å²) in [5, 5.41) is 0.975. The first-order valence-electron chi connectivity index (χ1n) is 1.72. The molecule has 0 heterocycles. The molecule has 5 heteroatoms. The molecule has 42 valence electrons. The van der Waals surface area contributed by atoms with Crippen LogP contribution in [0, 0.1) is 0 Å². The maximum absolute atomic E-state index is 8.26. The summed E-state index contributed by atoms with van der Waals surface area (Å²) in [7, 11) is 10.7. The molecule has 0 saturated carbocycles. The van der Waals surface area contributed by atoms with Gasteiger partial charge in [0, 0.05) is 0 Å². The zero-order chi connectivity index (χ0) is 6.28. The van der Waals surface area contributed by atoms with E-state index in [1.807, 2.05) is 6.92 Å². The summed E-state index contributed by atoms with van der Waals surface area (Å²) in [6.07, 6.45) is 0. The van der Waals surface area contributed by atoms with Gasteiger partial charge in [-0.2, -0.15) is 0 Å². The quantitative estimate of drug-likeness (QED) is 0.638. The Morgan fingerprint density at radius 2 is 1.71 bits per heavy atom. The van der Waals surface area contributed by atoms with Crippen LogP contribution in [0.5, 0.6) is 0 Å². The van der Waals surface area contributed by atoms with Crippen molar-refractivity contribution in [3.8, 4) is 0 Å². The van der Waals surface area contributed by atoms with Crippen LogP contribution >= 0.6 is 20.1 Å². The number of rotatable bonds is 1. The molecule has 0 aromatic carbocycles. The van der Waals surface area contributed by atoms with E-state index in [1.54, 1.807) is 0 Å². The second-order valence-corrected chi connectivity index (χ2v) is 6.23. The maximum atomic E-state index is 8.26. The molecule has 0 bridgehead atoms. The Hall–Kier alpha value is 1.60. The van der Waals surface area contributed by atoms with Crippen molar-refractivity contribution in [1.29, 1.82) is 0 Å². The Bertz CT molecular complexity index is 36.9. The van der Waals surface area contributed by atoms with E-state index in [9.17, 15) is 0 Å². The zero-order valence-electron chi connectivity index (χ0n) is 3.86. The molecule has 0 radical (unpaired) electrons. The van der Waals surface area contributed by atoms with Crippen LogP contribution in [0.1, 0.15) is 6.92 Å². The standard InChI is InChI=1S/C2H5.Al.2ClH.Mo.O/c1-2;;;;;/h1H2,2H3;;2*1H;;/q;+2;;;;/p-2. The molecular formula is C2H5AlCl2MoO. The number of hydrogen-bond donors (Lipinski definition) is 0. The molecule has 0 saturated heterocycles. The SMILES string of the molecule is C[CH2][Al]([Cl])[Cl].[O]=[Mo]. The molecule has 0 amide bonds. The van der Waals surface area contributed by atoms with Crippen LogP contribution < -0.4 is 0 Å². The Morgan fingerprint density at radius 3 is 1.71 bits per heavy atom. The van der Waals surface area contributed by atoms with Crippen molar-refractivity contribution in [3.63, 3.8) is 0 Å². The van der Waals surface area contributed by atoms with Crippen molar-refractivity contribution >= 4 is 32.4 Å². The summed E-state index contributed by atoms with van der Waals surface area (Å²) < 4.78 is 8.26. The summed E-state index contributed by atoms with van der Waals surface area (Å²) in [5.41, 5.74) is 0. The van der Waals surface area contributed by atoms with Crippen LogP contribution in [-0.4, -0.2) is 12.3 Å². The molecule has 7 heavy (non-hydrogen) atoms. The summed E-state index contributed by atoms with van der Waals surface area (Å²) in [6, 6.07) is 0. The van der Waals surface area contributed by atoms with Crippen LogP contribution in [0.2, 0.25) is 5.28 Å². The van der Waals surface area contributed by atoms with Gasteiger partial charge in [-0.25, -0.2) is 20.1 Å². The molecule has 0 rings (SSSR count). The summed E-state index contributed by atoms with van der Waals surface area (Å²) in [4.78, 5) is 0. The van der Waals surface area contributed by atoms with Crippen molar-refractivity contribution in [2.75, 3.05) is 0 Å². The molecule has 0 aliphatic heterocycles. The van der Waals surface area contributed by atoms with Gasteiger partial charge in [0.05, 0.1) is 0 Å². The van der Waals surface area contributed by atoms with Crippen molar-refractivity contribution in [3.05, 3.63) is 0 Å². The average Bonchev–Trinajstić information content (AvgIpc) is 1.73. The molecule has 0 fully saturated rings. The minimum atomic E-state index is -1.21. The number of hydrogen-bond acceptors (Lipinski definition) is 1. The fourth-order valence-corrected chi connectivity index (χ4v) is 0. The van der Waals surface area contributed by atoms with Gasteiger partial charge in [0.25, 0.3) is 0 Å². The van der Waals surface area contributed by atoms with Gasteiger partial charge in [0.1, 0.15) is 0 Å². The first kappa shape index (κ1) is 11.4. The Balaban J connectivity index is 0. The molecular weight excluding hydrogens is 234 g/mol. The normalized spacial score (nSPS) is 6.14. The summed E-state index contributed by atoms with van der Waals surface area (Å²) in [6.45, 7) is 2.00. The predicted octanol–water partition coefficient (Wildman–Crippen LogP) is 1.85. The van der Waals surface area contributed by atoms with E-state index in [-0.39, 0.29) is 0 Å². The van der Waals surface area contributed by atoms with Gasteiger partial charge in [0.2, 0.25) is 0 Å². The van der Waals surface area contributed by atoms with Gasteiger partial charge in [-0.15, -0.1) is 0 Å². The Kier molecular flexibility index (Phi) is 17.2. The molecule has 0 atom stereocenters. The topological polar surface area (TPSA) is 17.1 Å². The number of halogens is 2. The molecule has 0 spiro atoms. The van der Waals surface area contributed by atoms with E-state index in [1.165, 1.54) is 0 Å². The molecule has 0 aromatic heterocycles. The van der Waals surface area contributed by atoms with E-state index in [2.05, 4.69) is 0 Å². The van der Waals surface area contributed by atoms with Crippen LogP contribution in [0.4, 0.5) is 0 Å². The molecule has 1 nitrogen and oxygen atoms in total. The van der Waals surface area contributed by atoms with Gasteiger partial charge in [0.15, 0.2) is 0 Å². The minimum absolute atomic E-state index is 0.700. The second kappa shape index (κ2) is 10.6. The van der Waals surface area contributed by atoms with E-state index in [0.717, 1.165) is 5.28 Å². The van der Waals surface area contributed by atoms with Crippen molar-refractivity contribution in [1.82, 2.24) is 0 Å². The van der Waals surface area contributed by atoms with Crippen LogP contribution in [0.3, 0.4) is 0 Å². The molecule has 0 N–H and O–H groups in total. The van der Waals surface area contributed by atoms with Gasteiger partial charge in [-0.1, -0.05) is 12.2 Å². The van der Waals surface area contributed by atoms with Gasteiger partial charge in [-0.3, -0.25) is 0 Å². The third-order valence-electron chi connectivity index (χ3n) is 0.309. The van der Waals surface area contributed by atoms with Gasteiger partial charge in [-0.05, 0) is 0 Å². The van der Waals surface area contributed by atoms with Crippen LogP contribution in [0.25, 0.3) is 0 Å².